The molecule has 0 unspecified atom stereocenters. The van der Waals surface area contributed by atoms with Gasteiger partial charge in [0.05, 0.1) is 12.8 Å². The SMILES string of the molecule is O=C(N/N=C/c1c(O)n(Cc2ccc(F)cc2)c(=S)[nH]c1=O)Nc1ccccc1. The molecule has 0 saturated carbocycles. The van der Waals surface area contributed by atoms with Crippen molar-refractivity contribution in [2.24, 2.45) is 5.10 Å². The van der Waals surface area contributed by atoms with Gasteiger partial charge in [0.2, 0.25) is 5.88 Å². The smallest absolute Gasteiger partial charge is 0.339 e. The maximum Gasteiger partial charge on any atom is 0.339 e. The van der Waals surface area contributed by atoms with E-state index in [1.54, 1.807) is 30.3 Å². The zero-order valence-corrected chi connectivity index (χ0v) is 15.7. The van der Waals surface area contributed by atoms with Crippen LogP contribution in [0.2, 0.25) is 0 Å². The molecule has 8 nitrogen and oxygen atoms in total. The molecule has 3 aromatic rings. The molecule has 0 aliphatic heterocycles. The molecule has 0 spiro atoms. The van der Waals surface area contributed by atoms with Gasteiger partial charge in [-0.2, -0.15) is 5.10 Å². The number of hydrogen-bond acceptors (Lipinski definition) is 5. The lowest BCUT2D eigenvalue weighted by Crippen LogP contribution is -2.25. The monoisotopic (exact) mass is 413 g/mol. The minimum atomic E-state index is -0.670. The number of aromatic nitrogens is 2. The number of halogens is 1. The van der Waals surface area contributed by atoms with Crippen molar-refractivity contribution in [2.45, 2.75) is 6.54 Å². The Kier molecular flexibility index (Phi) is 6.15. The lowest BCUT2D eigenvalue weighted by molar-refractivity contribution is 0.252. The number of hydrogen-bond donors (Lipinski definition) is 4. The minimum Gasteiger partial charge on any atom is -0.494 e. The largest absolute Gasteiger partial charge is 0.494 e. The summed E-state index contributed by atoms with van der Waals surface area (Å²) in [7, 11) is 0. The van der Waals surface area contributed by atoms with Gasteiger partial charge in [0.15, 0.2) is 4.77 Å². The number of nitrogens with zero attached hydrogens (tertiary/aromatic N) is 2. The van der Waals surface area contributed by atoms with Crippen LogP contribution in [-0.4, -0.2) is 26.9 Å². The number of hydrazone groups is 1. The molecule has 0 aliphatic rings. The summed E-state index contributed by atoms with van der Waals surface area (Å²) in [6.07, 6.45) is 1.01. The van der Waals surface area contributed by atoms with Crippen molar-refractivity contribution in [1.82, 2.24) is 15.0 Å². The van der Waals surface area contributed by atoms with Gasteiger partial charge in [0.1, 0.15) is 11.4 Å². The van der Waals surface area contributed by atoms with Crippen molar-refractivity contribution in [1.29, 1.82) is 0 Å². The van der Waals surface area contributed by atoms with E-state index in [-0.39, 0.29) is 16.9 Å². The minimum absolute atomic E-state index is 0.0104. The van der Waals surface area contributed by atoms with Crippen LogP contribution in [0.25, 0.3) is 0 Å². The number of carbonyl (C=O) groups is 1. The number of aromatic hydroxyl groups is 1. The van der Waals surface area contributed by atoms with E-state index in [0.29, 0.717) is 11.3 Å². The molecule has 10 heteroatoms. The number of urea groups is 1. The molecule has 0 aliphatic carbocycles. The van der Waals surface area contributed by atoms with Crippen LogP contribution >= 0.6 is 12.2 Å². The molecule has 1 aromatic heterocycles. The highest BCUT2D eigenvalue weighted by atomic mass is 32.1. The van der Waals surface area contributed by atoms with Crippen LogP contribution in [0.15, 0.2) is 64.5 Å². The van der Waals surface area contributed by atoms with Gasteiger partial charge in [-0.3, -0.25) is 14.3 Å². The first-order valence-electron chi connectivity index (χ1n) is 8.39. The number of H-pyrrole nitrogens is 1. The molecule has 0 radical (unpaired) electrons. The van der Waals surface area contributed by atoms with E-state index in [2.05, 4.69) is 20.8 Å². The van der Waals surface area contributed by atoms with Crippen molar-refractivity contribution in [3.8, 4) is 5.88 Å². The fourth-order valence-corrected chi connectivity index (χ4v) is 2.69. The molecular formula is C19H16FN5O3S. The first-order chi connectivity index (χ1) is 13.9. The van der Waals surface area contributed by atoms with Gasteiger partial charge in [-0.1, -0.05) is 30.3 Å². The van der Waals surface area contributed by atoms with E-state index in [0.717, 1.165) is 6.21 Å². The molecule has 0 bridgehead atoms. The van der Waals surface area contributed by atoms with Gasteiger partial charge in [-0.15, -0.1) is 0 Å². The van der Waals surface area contributed by atoms with Crippen LogP contribution < -0.4 is 16.3 Å². The van der Waals surface area contributed by atoms with Crippen molar-refractivity contribution >= 4 is 30.2 Å². The van der Waals surface area contributed by atoms with Gasteiger partial charge in [0.25, 0.3) is 5.56 Å². The molecule has 1 heterocycles. The predicted molar refractivity (Wildman–Crippen MR) is 109 cm³/mol. The van der Waals surface area contributed by atoms with E-state index >= 15 is 0 Å². The number of rotatable bonds is 5. The average Bonchev–Trinajstić information content (AvgIpc) is 2.70. The third-order valence-electron chi connectivity index (χ3n) is 3.85. The number of anilines is 1. The van der Waals surface area contributed by atoms with Gasteiger partial charge >= 0.3 is 6.03 Å². The fourth-order valence-electron chi connectivity index (χ4n) is 2.45. The molecular weight excluding hydrogens is 397 g/mol. The normalized spacial score (nSPS) is 10.8. The molecule has 0 atom stereocenters. The maximum atomic E-state index is 13.1. The predicted octanol–water partition coefficient (Wildman–Crippen LogP) is 2.95. The van der Waals surface area contributed by atoms with Crippen LogP contribution in [0.5, 0.6) is 5.88 Å². The second-order valence-corrected chi connectivity index (χ2v) is 6.29. The Balaban J connectivity index is 1.77. The van der Waals surface area contributed by atoms with Gasteiger partial charge < -0.3 is 10.4 Å². The molecule has 3 rings (SSSR count). The van der Waals surface area contributed by atoms with E-state index < -0.39 is 23.3 Å². The van der Waals surface area contributed by atoms with E-state index in [1.807, 2.05) is 0 Å². The molecule has 29 heavy (non-hydrogen) atoms. The van der Waals surface area contributed by atoms with Crippen molar-refractivity contribution < 1.29 is 14.3 Å². The molecule has 4 N–H and O–H groups in total. The highest BCUT2D eigenvalue weighted by Gasteiger charge is 2.12. The maximum absolute atomic E-state index is 13.1. The lowest BCUT2D eigenvalue weighted by atomic mass is 10.2. The van der Waals surface area contributed by atoms with E-state index in [9.17, 15) is 19.1 Å². The first kappa shape index (κ1) is 20.0. The zero-order chi connectivity index (χ0) is 20.8. The second kappa shape index (κ2) is 8.93. The Morgan fingerprint density at radius 1 is 1.21 bits per heavy atom. The summed E-state index contributed by atoms with van der Waals surface area (Å²) >= 11 is 5.09. The summed E-state index contributed by atoms with van der Waals surface area (Å²) in [5, 5.41) is 16.7. The number of carbonyl (C=O) groups excluding carboxylic acids is 1. The van der Waals surface area contributed by atoms with Gasteiger partial charge in [0, 0.05) is 5.69 Å². The molecule has 2 aromatic carbocycles. The number of nitrogens with one attached hydrogen (secondary N) is 3. The standard InChI is InChI=1S/C19H16FN5O3S/c20-13-8-6-12(7-9-13)11-25-17(27)15(16(26)23-19(25)29)10-21-24-18(28)22-14-4-2-1-3-5-14/h1-10,27H,11H2,(H2,22,24,28)(H,23,26,29)/b21-10+. The summed E-state index contributed by atoms with van der Waals surface area (Å²) in [6, 6.07) is 13.7. The molecule has 2 amide bonds. The third kappa shape index (κ3) is 5.14. The first-order valence-corrected chi connectivity index (χ1v) is 8.80. The van der Waals surface area contributed by atoms with Crippen molar-refractivity contribution in [3.05, 3.63) is 86.7 Å². The molecule has 0 fully saturated rings. The summed E-state index contributed by atoms with van der Waals surface area (Å²) in [5.41, 5.74) is 2.56. The van der Waals surface area contributed by atoms with Crippen LogP contribution in [0.3, 0.4) is 0 Å². The third-order valence-corrected chi connectivity index (χ3v) is 4.17. The summed E-state index contributed by atoms with van der Waals surface area (Å²) < 4.78 is 14.3. The number of aromatic amines is 1. The Morgan fingerprint density at radius 3 is 2.59 bits per heavy atom. The topological polar surface area (TPSA) is 112 Å². The second-order valence-electron chi connectivity index (χ2n) is 5.90. The van der Waals surface area contributed by atoms with Crippen LogP contribution in [0, 0.1) is 10.6 Å². The molecule has 0 saturated heterocycles. The van der Waals surface area contributed by atoms with Crippen LogP contribution in [0.1, 0.15) is 11.1 Å². The highest BCUT2D eigenvalue weighted by molar-refractivity contribution is 7.71. The highest BCUT2D eigenvalue weighted by Crippen LogP contribution is 2.14. The van der Waals surface area contributed by atoms with E-state index in [4.69, 9.17) is 12.2 Å². The van der Waals surface area contributed by atoms with Crippen molar-refractivity contribution in [2.75, 3.05) is 5.32 Å². The Morgan fingerprint density at radius 2 is 1.90 bits per heavy atom. The van der Waals surface area contributed by atoms with Crippen LogP contribution in [0.4, 0.5) is 14.9 Å². The quantitative estimate of drug-likeness (QED) is 0.293. The van der Waals surface area contributed by atoms with Gasteiger partial charge in [-0.05, 0) is 42.0 Å². The Hall–Kier alpha value is -3.79. The summed E-state index contributed by atoms with van der Waals surface area (Å²) in [6.45, 7) is 0.102. The van der Waals surface area contributed by atoms with E-state index in [1.165, 1.54) is 28.8 Å². The summed E-state index contributed by atoms with van der Waals surface area (Å²) in [4.78, 5) is 26.4. The Bertz CT molecular complexity index is 1160. The number of benzene rings is 2. The molecule has 148 valence electrons. The number of para-hydroxylation sites is 1. The van der Waals surface area contributed by atoms with Crippen molar-refractivity contribution in [3.63, 3.8) is 0 Å². The lowest BCUT2D eigenvalue weighted by Gasteiger charge is -2.11. The Labute approximate surface area is 169 Å². The van der Waals surface area contributed by atoms with Gasteiger partial charge in [-0.25, -0.2) is 14.6 Å². The zero-order valence-electron chi connectivity index (χ0n) is 14.9. The summed E-state index contributed by atoms with van der Waals surface area (Å²) in [5.74, 6) is -0.826. The number of amides is 2. The fraction of sp³-hybridized carbons (Fsp3) is 0.0526. The van der Waals surface area contributed by atoms with Crippen LogP contribution in [-0.2, 0) is 6.54 Å². The average molecular weight is 413 g/mol.